The number of hydrazine groups is 1. The average molecular weight is 210 g/mol. The fraction of sp³-hybridized carbons (Fsp3) is 0.833. The van der Waals surface area contributed by atoms with Crippen molar-refractivity contribution in [2.75, 3.05) is 6.61 Å². The first kappa shape index (κ1) is 12.5. The van der Waals surface area contributed by atoms with Crippen LogP contribution in [0.15, 0.2) is 0 Å². The molecule has 0 saturated carbocycles. The van der Waals surface area contributed by atoms with E-state index in [9.17, 15) is 0 Å². The minimum Gasteiger partial charge on any atom is -0.374 e. The van der Waals surface area contributed by atoms with Crippen molar-refractivity contribution >= 4 is 0 Å². The van der Waals surface area contributed by atoms with Crippen molar-refractivity contribution < 1.29 is 4.74 Å². The lowest BCUT2D eigenvalue weighted by atomic mass is 9.86. The molecule has 0 bridgehead atoms. The van der Waals surface area contributed by atoms with Crippen LogP contribution in [0.4, 0.5) is 0 Å². The molecule has 0 radical (unpaired) electrons. The van der Waals surface area contributed by atoms with Crippen LogP contribution in [-0.4, -0.2) is 18.2 Å². The van der Waals surface area contributed by atoms with Gasteiger partial charge in [-0.3, -0.25) is 11.3 Å². The van der Waals surface area contributed by atoms with Gasteiger partial charge in [-0.1, -0.05) is 0 Å². The van der Waals surface area contributed by atoms with Crippen molar-refractivity contribution in [1.29, 1.82) is 0 Å². The molecule has 0 spiro atoms. The van der Waals surface area contributed by atoms with Crippen LogP contribution in [0.3, 0.4) is 0 Å². The summed E-state index contributed by atoms with van der Waals surface area (Å²) in [7, 11) is 0. The molecular formula is C12H22N2O. The van der Waals surface area contributed by atoms with Crippen LogP contribution in [0.2, 0.25) is 0 Å². The van der Waals surface area contributed by atoms with Crippen LogP contribution in [-0.2, 0) is 4.74 Å². The summed E-state index contributed by atoms with van der Waals surface area (Å²) < 4.78 is 5.86. The van der Waals surface area contributed by atoms with Crippen molar-refractivity contribution in [3.05, 3.63) is 0 Å². The molecule has 1 rings (SSSR count). The van der Waals surface area contributed by atoms with Gasteiger partial charge in [0.15, 0.2) is 0 Å². The molecule has 3 heteroatoms. The molecule has 1 aliphatic rings. The SMILES string of the molecule is CC#CCCC(NN)C1(C)CCCCO1. The second-order valence-electron chi connectivity index (χ2n) is 4.30. The molecule has 15 heavy (non-hydrogen) atoms. The topological polar surface area (TPSA) is 47.3 Å². The van der Waals surface area contributed by atoms with Gasteiger partial charge in [-0.05, 0) is 39.5 Å². The highest BCUT2D eigenvalue weighted by Crippen LogP contribution is 2.29. The van der Waals surface area contributed by atoms with E-state index in [0.717, 1.165) is 25.9 Å². The number of ether oxygens (including phenoxy) is 1. The third-order valence-corrected chi connectivity index (χ3v) is 3.17. The normalized spacial score (nSPS) is 27.9. The van der Waals surface area contributed by atoms with E-state index < -0.39 is 0 Å². The molecule has 0 aliphatic carbocycles. The molecule has 0 amide bonds. The summed E-state index contributed by atoms with van der Waals surface area (Å²) in [5.41, 5.74) is 2.77. The summed E-state index contributed by atoms with van der Waals surface area (Å²) in [5, 5.41) is 0. The molecule has 0 aromatic heterocycles. The predicted molar refractivity (Wildman–Crippen MR) is 62.0 cm³/mol. The van der Waals surface area contributed by atoms with Crippen LogP contribution < -0.4 is 11.3 Å². The average Bonchev–Trinajstić information content (AvgIpc) is 2.25. The molecule has 1 fully saturated rings. The maximum atomic E-state index is 5.86. The van der Waals surface area contributed by atoms with Gasteiger partial charge >= 0.3 is 0 Å². The standard InChI is InChI=1S/C12H22N2O/c1-3-4-5-8-11(14-13)12(2)9-6-7-10-15-12/h11,14H,5-10,13H2,1-2H3. The number of nitrogens with one attached hydrogen (secondary N) is 1. The van der Waals surface area contributed by atoms with Gasteiger partial charge in [-0.15, -0.1) is 11.8 Å². The van der Waals surface area contributed by atoms with Gasteiger partial charge in [0.25, 0.3) is 0 Å². The number of hydrogen-bond acceptors (Lipinski definition) is 3. The van der Waals surface area contributed by atoms with Crippen LogP contribution in [0, 0.1) is 11.8 Å². The van der Waals surface area contributed by atoms with E-state index in [1.165, 1.54) is 12.8 Å². The van der Waals surface area contributed by atoms with Crippen molar-refractivity contribution in [3.8, 4) is 11.8 Å². The summed E-state index contributed by atoms with van der Waals surface area (Å²) >= 11 is 0. The third kappa shape index (κ3) is 3.49. The van der Waals surface area contributed by atoms with E-state index in [2.05, 4.69) is 24.2 Å². The maximum absolute atomic E-state index is 5.86. The Morgan fingerprint density at radius 1 is 1.53 bits per heavy atom. The molecule has 1 aliphatic heterocycles. The quantitative estimate of drug-likeness (QED) is 0.421. The zero-order chi connectivity index (χ0) is 11.1. The Balaban J connectivity index is 2.49. The summed E-state index contributed by atoms with van der Waals surface area (Å²) in [6.45, 7) is 4.87. The molecule has 3 nitrogen and oxygen atoms in total. The van der Waals surface area contributed by atoms with E-state index in [-0.39, 0.29) is 11.6 Å². The van der Waals surface area contributed by atoms with Crippen LogP contribution in [0.25, 0.3) is 0 Å². The first-order valence-electron chi connectivity index (χ1n) is 5.72. The van der Waals surface area contributed by atoms with E-state index in [4.69, 9.17) is 10.6 Å². The second-order valence-corrected chi connectivity index (χ2v) is 4.30. The molecule has 1 heterocycles. The Bertz CT molecular complexity index is 236. The zero-order valence-corrected chi connectivity index (χ0v) is 9.81. The predicted octanol–water partition coefficient (Wildman–Crippen LogP) is 1.58. The van der Waals surface area contributed by atoms with E-state index in [0.29, 0.717) is 0 Å². The highest BCUT2D eigenvalue weighted by Gasteiger charge is 2.35. The number of hydrogen-bond donors (Lipinski definition) is 2. The number of nitrogens with two attached hydrogens (primary N) is 1. The van der Waals surface area contributed by atoms with Crippen LogP contribution in [0.5, 0.6) is 0 Å². The van der Waals surface area contributed by atoms with Crippen molar-refractivity contribution in [2.24, 2.45) is 5.84 Å². The lowest BCUT2D eigenvalue weighted by Crippen LogP contribution is -2.54. The van der Waals surface area contributed by atoms with Gasteiger partial charge in [-0.2, -0.15) is 0 Å². The minimum atomic E-state index is -0.109. The van der Waals surface area contributed by atoms with Crippen molar-refractivity contribution in [3.63, 3.8) is 0 Å². The van der Waals surface area contributed by atoms with E-state index in [1.54, 1.807) is 0 Å². The van der Waals surface area contributed by atoms with Crippen molar-refractivity contribution in [1.82, 2.24) is 5.43 Å². The van der Waals surface area contributed by atoms with Crippen LogP contribution >= 0.6 is 0 Å². The smallest absolute Gasteiger partial charge is 0.0820 e. The van der Waals surface area contributed by atoms with Crippen LogP contribution in [0.1, 0.15) is 46.0 Å². The third-order valence-electron chi connectivity index (χ3n) is 3.17. The highest BCUT2D eigenvalue weighted by molar-refractivity contribution is 4.98. The second kappa shape index (κ2) is 6.12. The Labute approximate surface area is 92.7 Å². The van der Waals surface area contributed by atoms with Crippen molar-refractivity contribution in [2.45, 2.75) is 57.6 Å². The molecule has 3 N–H and O–H groups in total. The molecule has 0 aromatic rings. The molecule has 86 valence electrons. The van der Waals surface area contributed by atoms with Gasteiger partial charge in [0, 0.05) is 13.0 Å². The van der Waals surface area contributed by atoms with E-state index >= 15 is 0 Å². The largest absolute Gasteiger partial charge is 0.374 e. The minimum absolute atomic E-state index is 0.109. The summed E-state index contributed by atoms with van der Waals surface area (Å²) in [5.74, 6) is 11.6. The Morgan fingerprint density at radius 3 is 2.87 bits per heavy atom. The monoisotopic (exact) mass is 210 g/mol. The zero-order valence-electron chi connectivity index (χ0n) is 9.81. The first-order valence-corrected chi connectivity index (χ1v) is 5.72. The lowest BCUT2D eigenvalue weighted by molar-refractivity contribution is -0.0898. The van der Waals surface area contributed by atoms with Gasteiger partial charge in [0.1, 0.15) is 0 Å². The van der Waals surface area contributed by atoms with Gasteiger partial charge in [0.05, 0.1) is 11.6 Å². The summed E-state index contributed by atoms with van der Waals surface area (Å²) in [6, 6.07) is 0.207. The van der Waals surface area contributed by atoms with Gasteiger partial charge in [0.2, 0.25) is 0 Å². The van der Waals surface area contributed by atoms with Gasteiger partial charge < -0.3 is 4.74 Å². The highest BCUT2D eigenvalue weighted by atomic mass is 16.5. The first-order chi connectivity index (χ1) is 7.23. The Morgan fingerprint density at radius 2 is 2.33 bits per heavy atom. The Hall–Kier alpha value is -0.560. The van der Waals surface area contributed by atoms with E-state index in [1.807, 2.05) is 6.92 Å². The molecule has 1 saturated heterocycles. The summed E-state index contributed by atoms with van der Waals surface area (Å²) in [6.07, 6.45) is 5.31. The molecule has 0 aromatic carbocycles. The lowest BCUT2D eigenvalue weighted by Gasteiger charge is -2.40. The van der Waals surface area contributed by atoms with Gasteiger partial charge in [-0.25, -0.2) is 0 Å². The maximum Gasteiger partial charge on any atom is 0.0820 e. The molecule has 2 atom stereocenters. The molecule has 2 unspecified atom stereocenters. The fourth-order valence-electron chi connectivity index (χ4n) is 2.14. The summed E-state index contributed by atoms with van der Waals surface area (Å²) in [4.78, 5) is 0. The number of rotatable bonds is 4. The Kier molecular flexibility index (Phi) is 5.10. The fourth-order valence-corrected chi connectivity index (χ4v) is 2.14. The molecular weight excluding hydrogens is 188 g/mol.